The first-order valence-electron chi connectivity index (χ1n) is 8.72. The van der Waals surface area contributed by atoms with Gasteiger partial charge in [0, 0.05) is 19.2 Å². The molecule has 25 heavy (non-hydrogen) atoms. The van der Waals surface area contributed by atoms with Gasteiger partial charge in [0.2, 0.25) is 0 Å². The van der Waals surface area contributed by atoms with E-state index >= 15 is 0 Å². The fourth-order valence-corrected chi connectivity index (χ4v) is 3.25. The molecule has 1 unspecified atom stereocenters. The van der Waals surface area contributed by atoms with Crippen molar-refractivity contribution in [2.24, 2.45) is 0 Å². The molecule has 0 radical (unpaired) electrons. The molecular formula is C16H29N3O6. The third-order valence-electron chi connectivity index (χ3n) is 4.38. The molecule has 5 N–H and O–H groups in total. The van der Waals surface area contributed by atoms with Gasteiger partial charge in [-0.1, -0.05) is 13.8 Å². The summed E-state index contributed by atoms with van der Waals surface area (Å²) in [6, 6.07) is 0. The van der Waals surface area contributed by atoms with E-state index in [9.17, 15) is 20.1 Å². The molecular weight excluding hydrogens is 330 g/mol. The van der Waals surface area contributed by atoms with Crippen molar-refractivity contribution in [1.29, 1.82) is 0 Å². The van der Waals surface area contributed by atoms with Crippen LogP contribution in [0.3, 0.4) is 0 Å². The van der Waals surface area contributed by atoms with Gasteiger partial charge in [0.15, 0.2) is 18.1 Å². The number of rotatable bonds is 4. The van der Waals surface area contributed by atoms with Crippen LogP contribution in [0.25, 0.3) is 0 Å². The summed E-state index contributed by atoms with van der Waals surface area (Å²) >= 11 is 0. The number of nitrogens with one attached hydrogen (secondary N) is 1. The molecule has 0 aromatic carbocycles. The summed E-state index contributed by atoms with van der Waals surface area (Å²) in [7, 11) is 0. The van der Waals surface area contributed by atoms with Crippen LogP contribution in [-0.4, -0.2) is 67.1 Å². The number of aromatic nitrogens is 2. The Hall–Kier alpha value is -1.68. The summed E-state index contributed by atoms with van der Waals surface area (Å²) in [6.45, 7) is 6.61. The lowest BCUT2D eigenvalue weighted by atomic mass is 9.98. The number of carboxylic acids is 1. The van der Waals surface area contributed by atoms with Gasteiger partial charge in [0.05, 0.1) is 0 Å². The highest BCUT2D eigenvalue weighted by atomic mass is 16.6. The zero-order chi connectivity index (χ0) is 18.7. The predicted molar refractivity (Wildman–Crippen MR) is 91.4 cm³/mol. The topological polar surface area (TPSA) is 137 Å². The van der Waals surface area contributed by atoms with E-state index in [1.807, 2.05) is 20.8 Å². The summed E-state index contributed by atoms with van der Waals surface area (Å²) in [6.07, 6.45) is -5.07. The summed E-state index contributed by atoms with van der Waals surface area (Å²) in [5.74, 6) is -0.715. The monoisotopic (exact) mass is 359 g/mol. The van der Waals surface area contributed by atoms with Crippen molar-refractivity contribution in [3.8, 4) is 0 Å². The first kappa shape index (κ1) is 19.6. The van der Waals surface area contributed by atoms with E-state index in [0.717, 1.165) is 30.5 Å². The summed E-state index contributed by atoms with van der Waals surface area (Å²) < 4.78 is 6.80. The van der Waals surface area contributed by atoms with Crippen molar-refractivity contribution in [2.75, 3.05) is 11.9 Å². The second kappa shape index (κ2) is 8.13. The van der Waals surface area contributed by atoms with Gasteiger partial charge in [-0.15, -0.1) is 0 Å². The number of fused-ring (bicyclic) bond motifs is 1. The number of ether oxygens (including phenoxy) is 1. The van der Waals surface area contributed by atoms with E-state index in [1.165, 1.54) is 4.68 Å². The van der Waals surface area contributed by atoms with Crippen LogP contribution in [0.5, 0.6) is 0 Å². The van der Waals surface area contributed by atoms with Gasteiger partial charge in [0.25, 0.3) is 0 Å². The lowest BCUT2D eigenvalue weighted by molar-refractivity contribution is -0.249. The molecule has 0 spiro atoms. The minimum atomic E-state index is -1.70. The van der Waals surface area contributed by atoms with Gasteiger partial charge < -0.3 is 30.5 Å². The van der Waals surface area contributed by atoms with Gasteiger partial charge in [0.1, 0.15) is 18.3 Å². The quantitative estimate of drug-likeness (QED) is 0.512. The largest absolute Gasteiger partial charge is 0.479 e. The fourth-order valence-electron chi connectivity index (χ4n) is 3.25. The average Bonchev–Trinajstić information content (AvgIpc) is 3.19. The minimum Gasteiger partial charge on any atom is -0.479 e. The Labute approximate surface area is 147 Å². The summed E-state index contributed by atoms with van der Waals surface area (Å²) in [5.41, 5.74) is 1.88. The van der Waals surface area contributed by atoms with E-state index in [1.54, 1.807) is 0 Å². The first-order valence-corrected chi connectivity index (χ1v) is 8.72. The molecule has 1 aromatic rings. The molecule has 1 saturated heterocycles. The number of carboxylic acid groups (broad SMARTS) is 1. The van der Waals surface area contributed by atoms with Gasteiger partial charge in [-0.2, -0.15) is 5.10 Å². The van der Waals surface area contributed by atoms with Gasteiger partial charge in [-0.25, -0.2) is 9.48 Å². The minimum absolute atomic E-state index is 0. The maximum Gasteiger partial charge on any atom is 0.335 e. The second-order valence-corrected chi connectivity index (χ2v) is 5.86. The number of hydrogen-bond donors (Lipinski definition) is 5. The molecule has 0 bridgehead atoms. The first-order chi connectivity index (χ1) is 12.0. The smallest absolute Gasteiger partial charge is 0.335 e. The highest BCUT2D eigenvalue weighted by Crippen LogP contribution is 2.35. The SMILES string of the molecule is CC.CCNc1nn(C2O[C@H](C(=O)O)[C@@H](O)[C@H](O)[C@H]2O)c2c1CCC2.[HH]. The molecule has 2 aliphatic rings. The van der Waals surface area contributed by atoms with E-state index < -0.39 is 36.6 Å². The maximum atomic E-state index is 11.2. The molecule has 144 valence electrons. The van der Waals surface area contributed by atoms with Crippen LogP contribution in [-0.2, 0) is 22.4 Å². The van der Waals surface area contributed by atoms with E-state index in [0.29, 0.717) is 12.4 Å². The van der Waals surface area contributed by atoms with Crippen LogP contribution in [0, 0.1) is 0 Å². The third-order valence-corrected chi connectivity index (χ3v) is 4.38. The maximum absolute atomic E-state index is 11.2. The highest BCUT2D eigenvalue weighted by molar-refractivity contribution is 5.73. The van der Waals surface area contributed by atoms with Crippen LogP contribution >= 0.6 is 0 Å². The molecule has 3 rings (SSSR count). The number of carbonyl (C=O) groups is 1. The predicted octanol–water partition coefficient (Wildman–Crippen LogP) is 0.141. The molecule has 1 aliphatic carbocycles. The Morgan fingerprint density at radius 2 is 1.96 bits per heavy atom. The number of aliphatic hydroxyl groups excluding tert-OH is 3. The van der Waals surface area contributed by atoms with Crippen molar-refractivity contribution in [3.05, 3.63) is 11.3 Å². The van der Waals surface area contributed by atoms with Crippen molar-refractivity contribution in [3.63, 3.8) is 0 Å². The van der Waals surface area contributed by atoms with Crippen molar-refractivity contribution < 1.29 is 31.4 Å². The average molecular weight is 359 g/mol. The zero-order valence-corrected chi connectivity index (χ0v) is 14.7. The molecule has 1 aliphatic heterocycles. The van der Waals surface area contributed by atoms with Crippen LogP contribution in [0.2, 0.25) is 0 Å². The van der Waals surface area contributed by atoms with Gasteiger partial charge in [-0.05, 0) is 26.2 Å². The lowest BCUT2D eigenvalue weighted by Gasteiger charge is -2.39. The van der Waals surface area contributed by atoms with Crippen molar-refractivity contribution in [2.45, 2.75) is 70.7 Å². The van der Waals surface area contributed by atoms with E-state index in [4.69, 9.17) is 9.84 Å². The second-order valence-electron chi connectivity index (χ2n) is 5.86. The Morgan fingerprint density at radius 3 is 2.56 bits per heavy atom. The van der Waals surface area contributed by atoms with Crippen molar-refractivity contribution >= 4 is 11.8 Å². The van der Waals surface area contributed by atoms with Crippen LogP contribution < -0.4 is 5.32 Å². The highest BCUT2D eigenvalue weighted by Gasteiger charge is 2.48. The Morgan fingerprint density at radius 1 is 1.28 bits per heavy atom. The normalized spacial score (nSPS) is 31.0. The lowest BCUT2D eigenvalue weighted by Crippen LogP contribution is -2.58. The molecule has 9 nitrogen and oxygen atoms in total. The number of anilines is 1. The summed E-state index contributed by atoms with van der Waals surface area (Å²) in [4.78, 5) is 11.2. The summed E-state index contributed by atoms with van der Waals surface area (Å²) in [5, 5.41) is 46.6. The van der Waals surface area contributed by atoms with Gasteiger partial charge >= 0.3 is 5.97 Å². The third kappa shape index (κ3) is 3.50. The molecule has 2 heterocycles. The molecule has 0 saturated carbocycles. The molecule has 0 amide bonds. The standard InChI is InChI=1S/C14H21N3O6.C2H6.H2/c1-2-15-12-6-4-3-5-7(6)17(16-12)13-10(20)8(18)9(19)11(23-13)14(21)22;1-2;/h8-11,13,18-20H,2-5H2,1H3,(H,15,16)(H,21,22);1-2H3;1H/t8-,9-,10+,11-,13?;;/m0../s1. The number of nitrogens with zero attached hydrogens (tertiary/aromatic N) is 2. The number of hydrogen-bond acceptors (Lipinski definition) is 7. The Balaban J connectivity index is 0.00000109. The Kier molecular flexibility index (Phi) is 6.39. The zero-order valence-electron chi connectivity index (χ0n) is 14.7. The Bertz CT molecular complexity index is 611. The van der Waals surface area contributed by atoms with Crippen LogP contribution in [0.4, 0.5) is 5.82 Å². The van der Waals surface area contributed by atoms with Crippen molar-refractivity contribution in [1.82, 2.24) is 9.78 Å². The molecule has 1 aromatic heterocycles. The molecule has 9 heteroatoms. The van der Waals surface area contributed by atoms with E-state index in [2.05, 4.69) is 10.4 Å². The number of aliphatic hydroxyl groups is 3. The fraction of sp³-hybridized carbons (Fsp3) is 0.750. The molecule has 1 fully saturated rings. The number of aliphatic carboxylic acids is 1. The van der Waals surface area contributed by atoms with Crippen LogP contribution in [0.15, 0.2) is 0 Å². The van der Waals surface area contributed by atoms with Gasteiger partial charge in [-0.3, -0.25) is 0 Å². The van der Waals surface area contributed by atoms with E-state index in [-0.39, 0.29) is 1.43 Å². The molecule has 5 atom stereocenters. The van der Waals surface area contributed by atoms with Crippen LogP contribution in [0.1, 0.15) is 46.1 Å².